The molecule has 3 nitrogen and oxygen atoms in total. The van der Waals surface area contributed by atoms with Crippen molar-refractivity contribution < 1.29 is 17.1 Å². The molecule has 0 bridgehead atoms. The van der Waals surface area contributed by atoms with E-state index < -0.39 is 0 Å². The third-order valence-electron chi connectivity index (χ3n) is 5.42. The molecule has 0 spiro atoms. The molecule has 0 atom stereocenters. The van der Waals surface area contributed by atoms with Crippen molar-refractivity contribution in [2.45, 2.75) is 26.7 Å². The summed E-state index contributed by atoms with van der Waals surface area (Å²) in [6, 6.07) is 8.66. The maximum absolute atomic E-state index is 4.88. The topological polar surface area (TPSA) is 29.0 Å². The molecule has 2 aromatic rings. The molecule has 1 saturated heterocycles. The van der Waals surface area contributed by atoms with Crippen LogP contribution in [0, 0.1) is 77.6 Å². The van der Waals surface area contributed by atoms with Gasteiger partial charge in [0.2, 0.25) is 5.95 Å². The van der Waals surface area contributed by atoms with Crippen molar-refractivity contribution in [3.8, 4) is 11.3 Å². The number of hydrogen-bond acceptors (Lipinski definition) is 3. The number of rotatable bonds is 3. The van der Waals surface area contributed by atoms with E-state index in [1.54, 1.807) is 0 Å². The van der Waals surface area contributed by atoms with E-state index in [1.165, 1.54) is 24.0 Å². The predicted octanol–water partition coefficient (Wildman–Crippen LogP) is 5.13. The zero-order chi connectivity index (χ0) is 20.1. The van der Waals surface area contributed by atoms with Gasteiger partial charge in [-0.15, -0.1) is 0 Å². The van der Waals surface area contributed by atoms with Crippen LogP contribution in [0.5, 0.6) is 0 Å². The first-order chi connectivity index (χ1) is 14.2. The Labute approximate surface area is 193 Å². The summed E-state index contributed by atoms with van der Waals surface area (Å²) in [5, 5.41) is 0. The van der Waals surface area contributed by atoms with Crippen LogP contribution in [0.4, 0.5) is 5.95 Å². The maximum Gasteiger partial charge on any atom is 2.00 e. The molecule has 2 aliphatic carbocycles. The summed E-state index contributed by atoms with van der Waals surface area (Å²) in [6.45, 7) is 6.40. The zero-order valence-corrected chi connectivity index (χ0v) is 18.6. The van der Waals surface area contributed by atoms with Gasteiger partial charge in [-0.3, -0.25) is 0 Å². The average molecular weight is 437 g/mol. The van der Waals surface area contributed by atoms with E-state index in [-0.39, 0.29) is 17.1 Å². The SMILES string of the molecule is Cc1ccc(-c2cc([C]3[CH][CH][CH][CH]3)nc(N3CCCC3)n2)cc1C.[CH]1[CH][CH][CH][CH]1.[Fe+2]. The number of nitrogens with zero attached hydrogens (tertiary/aromatic N) is 3. The van der Waals surface area contributed by atoms with Gasteiger partial charge in [-0.1, -0.05) is 12.1 Å². The third-order valence-corrected chi connectivity index (χ3v) is 5.42. The first-order valence-corrected chi connectivity index (χ1v) is 10.3. The van der Waals surface area contributed by atoms with Crippen molar-refractivity contribution in [2.75, 3.05) is 18.0 Å². The van der Waals surface area contributed by atoms with E-state index in [0.717, 1.165) is 41.9 Å². The van der Waals surface area contributed by atoms with Crippen molar-refractivity contribution in [1.29, 1.82) is 0 Å². The molecule has 0 unspecified atom stereocenters. The molecule has 0 amide bonds. The minimum Gasteiger partial charge on any atom is -0.341 e. The van der Waals surface area contributed by atoms with Crippen LogP contribution in [0.15, 0.2) is 24.3 Å². The number of aryl methyl sites for hydroxylation is 2. The van der Waals surface area contributed by atoms with Crippen molar-refractivity contribution >= 4 is 5.95 Å². The smallest absolute Gasteiger partial charge is 0.341 e. The molecule has 5 rings (SSSR count). The van der Waals surface area contributed by atoms with Crippen LogP contribution in [0.2, 0.25) is 0 Å². The molecule has 0 N–H and O–H groups in total. The summed E-state index contributed by atoms with van der Waals surface area (Å²) in [6.07, 6.45) is 20.8. The second kappa shape index (κ2) is 11.3. The number of benzene rings is 1. The summed E-state index contributed by atoms with van der Waals surface area (Å²) < 4.78 is 0. The van der Waals surface area contributed by atoms with Gasteiger partial charge in [0.25, 0.3) is 0 Å². The van der Waals surface area contributed by atoms with E-state index in [9.17, 15) is 0 Å². The Morgan fingerprint density at radius 3 is 1.90 bits per heavy atom. The molecule has 10 radical (unpaired) electrons. The van der Waals surface area contributed by atoms with Crippen LogP contribution in [-0.2, 0) is 17.1 Å². The number of anilines is 1. The fraction of sp³-hybridized carbons (Fsp3) is 0.231. The molecule has 2 saturated carbocycles. The molecule has 3 aliphatic rings. The standard InChI is InChI=1S/C21H22N3.C5H5.Fe/c1-15-9-10-18(13-16(15)2)20-14-19(17-7-3-4-8-17)22-21(23-20)24-11-5-6-12-24;1-2-4-5-3-1;/h3-4,7-10,13-14H,5-6,11-12H2,1-2H3;1-5H;/q;;+2. The molecular weight excluding hydrogens is 410 g/mol. The quantitative estimate of drug-likeness (QED) is 0.624. The van der Waals surface area contributed by atoms with E-state index in [4.69, 9.17) is 9.97 Å². The third kappa shape index (κ3) is 5.86. The first kappa shape index (κ1) is 23.3. The molecule has 1 aromatic heterocycles. The Morgan fingerprint density at radius 1 is 0.700 bits per heavy atom. The Balaban J connectivity index is 0.000000376. The summed E-state index contributed by atoms with van der Waals surface area (Å²) in [4.78, 5) is 12.0. The summed E-state index contributed by atoms with van der Waals surface area (Å²) in [7, 11) is 0. The normalized spacial score (nSPS) is 18.8. The van der Waals surface area contributed by atoms with Gasteiger partial charge in [0.1, 0.15) is 0 Å². The molecule has 1 aliphatic heterocycles. The molecule has 4 heteroatoms. The van der Waals surface area contributed by atoms with Gasteiger partial charge in [-0.25, -0.2) is 9.97 Å². The second-order valence-electron chi connectivity index (χ2n) is 7.57. The summed E-state index contributed by atoms with van der Waals surface area (Å²) in [5.41, 5.74) is 5.78. The maximum atomic E-state index is 4.88. The van der Waals surface area contributed by atoms with E-state index in [1.807, 2.05) is 32.1 Å². The summed E-state index contributed by atoms with van der Waals surface area (Å²) in [5.74, 6) is 2.02. The van der Waals surface area contributed by atoms with Gasteiger partial charge < -0.3 is 4.90 Å². The van der Waals surface area contributed by atoms with Crippen molar-refractivity contribution in [3.05, 3.63) is 105 Å². The number of hydrogen-bond donors (Lipinski definition) is 0. The number of aromatic nitrogens is 2. The van der Waals surface area contributed by atoms with Gasteiger partial charge in [0.15, 0.2) is 0 Å². The van der Waals surface area contributed by atoms with Crippen molar-refractivity contribution in [2.24, 2.45) is 0 Å². The van der Waals surface area contributed by atoms with E-state index in [2.05, 4.69) is 68.7 Å². The van der Waals surface area contributed by atoms with Gasteiger partial charge in [-0.05, 0) is 108 Å². The molecule has 1 aromatic carbocycles. The van der Waals surface area contributed by atoms with Crippen molar-refractivity contribution in [3.63, 3.8) is 0 Å². The van der Waals surface area contributed by atoms with Crippen LogP contribution < -0.4 is 4.90 Å². The Hall–Kier alpha value is -1.38. The Kier molecular flexibility index (Phi) is 8.77. The minimum atomic E-state index is 0. The van der Waals surface area contributed by atoms with E-state index in [0.29, 0.717) is 0 Å². The molecule has 2 heterocycles. The van der Waals surface area contributed by atoms with Gasteiger partial charge in [0, 0.05) is 24.6 Å². The minimum absolute atomic E-state index is 0. The predicted molar refractivity (Wildman–Crippen MR) is 119 cm³/mol. The van der Waals surface area contributed by atoms with Crippen LogP contribution in [0.1, 0.15) is 29.7 Å². The Morgan fingerprint density at radius 2 is 1.30 bits per heavy atom. The van der Waals surface area contributed by atoms with Crippen LogP contribution >= 0.6 is 0 Å². The Bertz CT molecular complexity index is 762. The van der Waals surface area contributed by atoms with E-state index >= 15 is 0 Å². The summed E-state index contributed by atoms with van der Waals surface area (Å²) >= 11 is 0. The fourth-order valence-electron chi connectivity index (χ4n) is 3.56. The van der Waals surface area contributed by atoms with Crippen molar-refractivity contribution in [1.82, 2.24) is 9.97 Å². The van der Waals surface area contributed by atoms with Gasteiger partial charge >= 0.3 is 17.1 Å². The molecule has 30 heavy (non-hydrogen) atoms. The van der Waals surface area contributed by atoms with Crippen LogP contribution in [0.3, 0.4) is 0 Å². The average Bonchev–Trinajstić information content (AvgIpc) is 3.54. The van der Waals surface area contributed by atoms with Crippen LogP contribution in [0.25, 0.3) is 11.3 Å². The van der Waals surface area contributed by atoms with Gasteiger partial charge in [0.05, 0.1) is 11.4 Å². The molecular formula is C26H27FeN3+2. The van der Waals surface area contributed by atoms with Gasteiger partial charge in [-0.2, -0.15) is 0 Å². The van der Waals surface area contributed by atoms with Crippen LogP contribution in [-0.4, -0.2) is 23.1 Å². The monoisotopic (exact) mass is 437 g/mol. The molecule has 3 fully saturated rings. The second-order valence-corrected chi connectivity index (χ2v) is 7.57. The largest absolute Gasteiger partial charge is 2.00 e. The zero-order valence-electron chi connectivity index (χ0n) is 17.5. The molecule has 152 valence electrons. The first-order valence-electron chi connectivity index (χ1n) is 10.3. The fourth-order valence-corrected chi connectivity index (χ4v) is 3.56.